The molecule has 1 atom stereocenters. The van der Waals surface area contributed by atoms with E-state index >= 15 is 0 Å². The van der Waals surface area contributed by atoms with Crippen molar-refractivity contribution in [3.8, 4) is 5.75 Å². The SMILES string of the molecule is Cc1cccc(CS(=O)(=O)NC[C@]2(O)CCOc3ccccc32)c1. The Morgan fingerprint density at radius 3 is 2.79 bits per heavy atom. The first-order chi connectivity index (χ1) is 11.4. The lowest BCUT2D eigenvalue weighted by molar-refractivity contribution is 0.00218. The number of fused-ring (bicyclic) bond motifs is 1. The van der Waals surface area contributed by atoms with E-state index in [1.807, 2.05) is 31.2 Å². The number of benzene rings is 2. The number of aliphatic hydroxyl groups is 1. The molecule has 0 amide bonds. The Hall–Kier alpha value is -1.89. The van der Waals surface area contributed by atoms with E-state index < -0.39 is 15.6 Å². The summed E-state index contributed by atoms with van der Waals surface area (Å²) < 4.78 is 32.8. The molecule has 2 aromatic rings. The Bertz CT molecular complexity index is 834. The topological polar surface area (TPSA) is 75.6 Å². The number of ether oxygens (including phenoxy) is 1. The minimum absolute atomic E-state index is 0.0679. The number of sulfonamides is 1. The second kappa shape index (κ2) is 6.55. The zero-order valence-corrected chi connectivity index (χ0v) is 14.3. The van der Waals surface area contributed by atoms with Gasteiger partial charge in [0.2, 0.25) is 10.0 Å². The third-order valence-electron chi connectivity index (χ3n) is 4.19. The van der Waals surface area contributed by atoms with Crippen molar-refractivity contribution in [2.75, 3.05) is 13.2 Å². The molecule has 2 N–H and O–H groups in total. The summed E-state index contributed by atoms with van der Waals surface area (Å²) in [5, 5.41) is 10.9. The monoisotopic (exact) mass is 347 g/mol. The second-order valence-electron chi connectivity index (χ2n) is 6.20. The summed E-state index contributed by atoms with van der Waals surface area (Å²) in [6.07, 6.45) is 0.344. The minimum atomic E-state index is -3.54. The average molecular weight is 347 g/mol. The predicted octanol–water partition coefficient (Wildman–Crippen LogP) is 2.08. The molecule has 0 fully saturated rings. The van der Waals surface area contributed by atoms with Gasteiger partial charge in [-0.15, -0.1) is 0 Å². The van der Waals surface area contributed by atoms with Crippen LogP contribution in [0.5, 0.6) is 5.75 Å². The van der Waals surface area contributed by atoms with E-state index in [0.717, 1.165) is 11.1 Å². The number of hydrogen-bond acceptors (Lipinski definition) is 4. The molecule has 0 aromatic heterocycles. The molecule has 24 heavy (non-hydrogen) atoms. The smallest absolute Gasteiger partial charge is 0.215 e. The van der Waals surface area contributed by atoms with E-state index in [-0.39, 0.29) is 12.3 Å². The van der Waals surface area contributed by atoms with Crippen molar-refractivity contribution in [2.24, 2.45) is 0 Å². The molecule has 1 aliphatic heterocycles. The Morgan fingerprint density at radius 1 is 1.21 bits per heavy atom. The van der Waals surface area contributed by atoms with Crippen molar-refractivity contribution in [2.45, 2.75) is 24.7 Å². The van der Waals surface area contributed by atoms with Gasteiger partial charge in [0, 0.05) is 18.5 Å². The van der Waals surface area contributed by atoms with Gasteiger partial charge in [-0.3, -0.25) is 0 Å². The highest BCUT2D eigenvalue weighted by atomic mass is 32.2. The number of nitrogens with one attached hydrogen (secondary N) is 1. The number of aryl methyl sites for hydroxylation is 1. The highest BCUT2D eigenvalue weighted by molar-refractivity contribution is 7.88. The lowest BCUT2D eigenvalue weighted by atomic mass is 9.88. The largest absolute Gasteiger partial charge is 0.493 e. The number of hydrogen-bond donors (Lipinski definition) is 2. The molecule has 0 radical (unpaired) electrons. The lowest BCUT2D eigenvalue weighted by Crippen LogP contribution is -2.44. The predicted molar refractivity (Wildman–Crippen MR) is 92.3 cm³/mol. The van der Waals surface area contributed by atoms with Gasteiger partial charge in [-0.25, -0.2) is 13.1 Å². The van der Waals surface area contributed by atoms with Crippen LogP contribution in [-0.4, -0.2) is 26.7 Å². The summed E-state index contributed by atoms with van der Waals surface area (Å²) in [6.45, 7) is 2.21. The Labute approximate surface area is 142 Å². The fraction of sp³-hybridized carbons (Fsp3) is 0.333. The van der Waals surface area contributed by atoms with Crippen LogP contribution in [0, 0.1) is 6.92 Å². The molecule has 0 bridgehead atoms. The fourth-order valence-corrected chi connectivity index (χ4v) is 4.11. The molecule has 0 saturated carbocycles. The van der Waals surface area contributed by atoms with E-state index in [1.165, 1.54) is 0 Å². The van der Waals surface area contributed by atoms with Gasteiger partial charge in [-0.2, -0.15) is 0 Å². The van der Waals surface area contributed by atoms with Gasteiger partial charge in [0.15, 0.2) is 0 Å². The van der Waals surface area contributed by atoms with Gasteiger partial charge in [-0.05, 0) is 18.6 Å². The van der Waals surface area contributed by atoms with Crippen molar-refractivity contribution in [1.29, 1.82) is 0 Å². The van der Waals surface area contributed by atoms with E-state index in [4.69, 9.17) is 4.74 Å². The third-order valence-corrected chi connectivity index (χ3v) is 5.48. The molecule has 1 heterocycles. The molecular weight excluding hydrogens is 326 g/mol. The summed E-state index contributed by atoms with van der Waals surface area (Å²) in [7, 11) is -3.54. The molecular formula is C18H21NO4S. The summed E-state index contributed by atoms with van der Waals surface area (Å²) in [4.78, 5) is 0. The van der Waals surface area contributed by atoms with Crippen LogP contribution in [0.3, 0.4) is 0 Å². The molecule has 0 unspecified atom stereocenters. The third kappa shape index (κ3) is 3.77. The van der Waals surface area contributed by atoms with Crippen molar-refractivity contribution in [3.05, 3.63) is 65.2 Å². The van der Waals surface area contributed by atoms with Crippen molar-refractivity contribution in [3.63, 3.8) is 0 Å². The van der Waals surface area contributed by atoms with E-state index in [2.05, 4.69) is 4.72 Å². The second-order valence-corrected chi connectivity index (χ2v) is 8.00. The van der Waals surface area contributed by atoms with Gasteiger partial charge in [0.1, 0.15) is 11.4 Å². The average Bonchev–Trinajstić information content (AvgIpc) is 2.53. The maximum atomic E-state index is 12.4. The maximum absolute atomic E-state index is 12.4. The van der Waals surface area contributed by atoms with E-state index in [1.54, 1.807) is 24.3 Å². The fourth-order valence-electron chi connectivity index (χ4n) is 2.93. The zero-order chi connectivity index (χ0) is 17.2. The van der Waals surface area contributed by atoms with Crippen LogP contribution in [0.4, 0.5) is 0 Å². The van der Waals surface area contributed by atoms with Crippen LogP contribution in [0.15, 0.2) is 48.5 Å². The molecule has 2 aromatic carbocycles. The summed E-state index contributed by atoms with van der Waals surface area (Å²) in [5.74, 6) is 0.493. The van der Waals surface area contributed by atoms with Crippen LogP contribution in [-0.2, 0) is 21.4 Å². The molecule has 1 aliphatic rings. The van der Waals surface area contributed by atoms with Crippen molar-refractivity contribution in [1.82, 2.24) is 4.72 Å². The maximum Gasteiger partial charge on any atom is 0.215 e. The standard InChI is InChI=1S/C18H21NO4S/c1-14-5-4-6-15(11-14)12-24(21,22)19-13-18(20)9-10-23-17-8-3-2-7-16(17)18/h2-8,11,19-20H,9-10,12-13H2,1H3/t18-/m1/s1. The van der Waals surface area contributed by atoms with E-state index in [0.29, 0.717) is 24.3 Å². The van der Waals surface area contributed by atoms with Crippen LogP contribution in [0.25, 0.3) is 0 Å². The van der Waals surface area contributed by atoms with Gasteiger partial charge >= 0.3 is 0 Å². The lowest BCUT2D eigenvalue weighted by Gasteiger charge is -2.34. The highest BCUT2D eigenvalue weighted by Gasteiger charge is 2.36. The molecule has 128 valence electrons. The van der Waals surface area contributed by atoms with Crippen LogP contribution >= 0.6 is 0 Å². The van der Waals surface area contributed by atoms with Crippen molar-refractivity contribution < 1.29 is 18.3 Å². The van der Waals surface area contributed by atoms with Gasteiger partial charge in [0.25, 0.3) is 0 Å². The molecule has 3 rings (SSSR count). The van der Waals surface area contributed by atoms with Crippen LogP contribution in [0.1, 0.15) is 23.1 Å². The molecule has 0 saturated heterocycles. The summed E-state index contributed by atoms with van der Waals surface area (Å²) in [5.41, 5.74) is 1.10. The number of para-hydroxylation sites is 1. The zero-order valence-electron chi connectivity index (χ0n) is 13.5. The first-order valence-electron chi connectivity index (χ1n) is 7.86. The molecule has 6 heteroatoms. The van der Waals surface area contributed by atoms with Gasteiger partial charge < -0.3 is 9.84 Å². The molecule has 0 spiro atoms. The van der Waals surface area contributed by atoms with Gasteiger partial charge in [0.05, 0.1) is 12.4 Å². The van der Waals surface area contributed by atoms with Crippen molar-refractivity contribution >= 4 is 10.0 Å². The normalized spacial score (nSPS) is 20.2. The van der Waals surface area contributed by atoms with Crippen LogP contribution < -0.4 is 9.46 Å². The van der Waals surface area contributed by atoms with E-state index in [9.17, 15) is 13.5 Å². The Kier molecular flexibility index (Phi) is 4.62. The summed E-state index contributed by atoms with van der Waals surface area (Å²) >= 11 is 0. The quantitative estimate of drug-likeness (QED) is 0.868. The molecule has 0 aliphatic carbocycles. The first kappa shape index (κ1) is 17.0. The number of rotatable bonds is 5. The van der Waals surface area contributed by atoms with Gasteiger partial charge in [-0.1, -0.05) is 48.0 Å². The minimum Gasteiger partial charge on any atom is -0.493 e. The first-order valence-corrected chi connectivity index (χ1v) is 9.51. The van der Waals surface area contributed by atoms with Crippen LogP contribution in [0.2, 0.25) is 0 Å². The highest BCUT2D eigenvalue weighted by Crippen LogP contribution is 2.36. The molecule has 5 nitrogen and oxygen atoms in total. The summed E-state index contributed by atoms with van der Waals surface area (Å²) in [6, 6.07) is 14.6. The Balaban J connectivity index is 1.73. The Morgan fingerprint density at radius 2 is 2.00 bits per heavy atom.